The van der Waals surface area contributed by atoms with Crippen LogP contribution in [0, 0.1) is 0 Å². The summed E-state index contributed by atoms with van der Waals surface area (Å²) in [7, 11) is 4.17. The lowest BCUT2D eigenvalue weighted by Gasteiger charge is -2.11. The molecule has 0 radical (unpaired) electrons. The van der Waals surface area contributed by atoms with Gasteiger partial charge in [-0.05, 0) is 50.3 Å². The van der Waals surface area contributed by atoms with Crippen molar-refractivity contribution >= 4 is 21.9 Å². The first-order chi connectivity index (χ1) is 15.6. The summed E-state index contributed by atoms with van der Waals surface area (Å²) in [6.07, 6.45) is 0. The molecule has 5 nitrogen and oxygen atoms in total. The number of hydrogen-bond acceptors (Lipinski definition) is 4. The molecule has 0 aliphatic heterocycles. The molecule has 0 spiro atoms. The van der Waals surface area contributed by atoms with E-state index in [1.165, 1.54) is 5.56 Å². The summed E-state index contributed by atoms with van der Waals surface area (Å²) in [5.41, 5.74) is 7.21. The Morgan fingerprint density at radius 3 is 2.53 bits per heavy atom. The highest BCUT2D eigenvalue weighted by Crippen LogP contribution is 2.30. The zero-order valence-corrected chi connectivity index (χ0v) is 18.6. The van der Waals surface area contributed by atoms with Crippen LogP contribution in [0.2, 0.25) is 0 Å². The van der Waals surface area contributed by atoms with Gasteiger partial charge in [0.05, 0.1) is 23.2 Å². The summed E-state index contributed by atoms with van der Waals surface area (Å²) < 4.78 is 5.61. The Morgan fingerprint density at radius 1 is 0.906 bits per heavy atom. The summed E-state index contributed by atoms with van der Waals surface area (Å²) in [5.74, 6) is 1.58. The van der Waals surface area contributed by atoms with Crippen LogP contribution in [0.1, 0.15) is 12.5 Å². The van der Waals surface area contributed by atoms with E-state index in [0.29, 0.717) is 6.61 Å². The number of benzene rings is 3. The molecule has 0 atom stereocenters. The number of ether oxygens (including phenoxy) is 1. The zero-order valence-electron chi connectivity index (χ0n) is 18.6. The fourth-order valence-electron chi connectivity index (χ4n) is 4.03. The summed E-state index contributed by atoms with van der Waals surface area (Å²) in [6, 6.07) is 25.1. The SMILES string of the molecule is CCOc1ccc2[nH]c(-c3ccc4cccc(-c5ccc(CN(C)C)cc5)c4n3)nc2c1. The lowest BCUT2D eigenvalue weighted by atomic mass is 10.0. The first-order valence-corrected chi connectivity index (χ1v) is 10.9. The van der Waals surface area contributed by atoms with Crippen LogP contribution in [-0.2, 0) is 6.54 Å². The third kappa shape index (κ3) is 3.95. The summed E-state index contributed by atoms with van der Waals surface area (Å²) >= 11 is 0. The predicted octanol–water partition coefficient (Wildman–Crippen LogP) is 5.91. The third-order valence-electron chi connectivity index (χ3n) is 5.49. The number of aromatic amines is 1. The summed E-state index contributed by atoms with van der Waals surface area (Å²) in [6.45, 7) is 3.54. The van der Waals surface area contributed by atoms with Gasteiger partial charge in [-0.1, -0.05) is 48.5 Å². The minimum Gasteiger partial charge on any atom is -0.494 e. The molecule has 1 N–H and O–H groups in total. The van der Waals surface area contributed by atoms with Crippen molar-refractivity contribution in [1.82, 2.24) is 19.9 Å². The topological polar surface area (TPSA) is 54.0 Å². The van der Waals surface area contributed by atoms with Gasteiger partial charge in [-0.15, -0.1) is 0 Å². The Balaban J connectivity index is 1.56. The first-order valence-electron chi connectivity index (χ1n) is 10.9. The lowest BCUT2D eigenvalue weighted by Crippen LogP contribution is -2.10. The van der Waals surface area contributed by atoms with Crippen LogP contribution in [0.4, 0.5) is 0 Å². The van der Waals surface area contributed by atoms with E-state index in [1.807, 2.05) is 31.2 Å². The Morgan fingerprint density at radius 2 is 1.75 bits per heavy atom. The van der Waals surface area contributed by atoms with Crippen molar-refractivity contribution < 1.29 is 4.74 Å². The number of nitrogens with zero attached hydrogens (tertiary/aromatic N) is 3. The van der Waals surface area contributed by atoms with E-state index in [-0.39, 0.29) is 0 Å². The highest BCUT2D eigenvalue weighted by atomic mass is 16.5. The number of fused-ring (bicyclic) bond motifs is 2. The lowest BCUT2D eigenvalue weighted by molar-refractivity contribution is 0.340. The number of pyridine rings is 1. The number of hydrogen-bond donors (Lipinski definition) is 1. The average molecular weight is 423 g/mol. The van der Waals surface area contributed by atoms with Crippen LogP contribution < -0.4 is 4.74 Å². The Bertz CT molecular complexity index is 1390. The molecule has 160 valence electrons. The molecule has 0 saturated carbocycles. The molecule has 3 aromatic carbocycles. The third-order valence-corrected chi connectivity index (χ3v) is 5.49. The monoisotopic (exact) mass is 422 g/mol. The number of aromatic nitrogens is 3. The number of nitrogens with one attached hydrogen (secondary N) is 1. The molecule has 32 heavy (non-hydrogen) atoms. The molecule has 0 unspecified atom stereocenters. The van der Waals surface area contributed by atoms with Crippen LogP contribution in [0.15, 0.2) is 72.8 Å². The van der Waals surface area contributed by atoms with Crippen LogP contribution in [0.3, 0.4) is 0 Å². The first kappa shape index (κ1) is 20.2. The van der Waals surface area contributed by atoms with Gasteiger partial charge in [-0.2, -0.15) is 0 Å². The van der Waals surface area contributed by atoms with E-state index in [0.717, 1.165) is 56.9 Å². The van der Waals surface area contributed by atoms with Crippen molar-refractivity contribution in [3.05, 3.63) is 78.4 Å². The standard InChI is InChI=1S/C27H26N4O/c1-4-32-21-13-15-23-25(16-21)30-27(29-23)24-14-12-20-6-5-7-22(26(20)28-24)19-10-8-18(9-11-19)17-31(2)3/h5-16H,4,17H2,1-3H3,(H,29,30). The fraction of sp³-hybridized carbons (Fsp3) is 0.185. The van der Waals surface area contributed by atoms with Gasteiger partial charge in [0.2, 0.25) is 0 Å². The van der Waals surface area contributed by atoms with E-state index < -0.39 is 0 Å². The second-order valence-corrected chi connectivity index (χ2v) is 8.21. The molecule has 5 aromatic rings. The van der Waals surface area contributed by atoms with Gasteiger partial charge < -0.3 is 14.6 Å². The molecule has 0 fully saturated rings. The molecule has 0 bridgehead atoms. The molecule has 5 rings (SSSR count). The van der Waals surface area contributed by atoms with E-state index >= 15 is 0 Å². The Labute approximate surface area is 187 Å². The van der Waals surface area contributed by atoms with Crippen molar-refractivity contribution in [3.8, 4) is 28.4 Å². The van der Waals surface area contributed by atoms with E-state index in [9.17, 15) is 0 Å². The molecule has 5 heteroatoms. The minimum absolute atomic E-state index is 0.633. The van der Waals surface area contributed by atoms with Gasteiger partial charge in [0.25, 0.3) is 0 Å². The number of imidazole rings is 1. The Hall–Kier alpha value is -3.70. The van der Waals surface area contributed by atoms with Crippen LogP contribution in [0.25, 0.3) is 44.6 Å². The quantitative estimate of drug-likeness (QED) is 0.370. The highest BCUT2D eigenvalue weighted by Gasteiger charge is 2.11. The van der Waals surface area contributed by atoms with Gasteiger partial charge >= 0.3 is 0 Å². The zero-order chi connectivity index (χ0) is 22.1. The van der Waals surface area contributed by atoms with Crippen molar-refractivity contribution in [1.29, 1.82) is 0 Å². The maximum atomic E-state index is 5.61. The van der Waals surface area contributed by atoms with E-state index in [4.69, 9.17) is 14.7 Å². The second kappa shape index (κ2) is 8.44. The van der Waals surface area contributed by atoms with Gasteiger partial charge in [-0.25, -0.2) is 9.97 Å². The maximum absolute atomic E-state index is 5.61. The van der Waals surface area contributed by atoms with Crippen molar-refractivity contribution in [3.63, 3.8) is 0 Å². The molecule has 0 aliphatic rings. The van der Waals surface area contributed by atoms with Gasteiger partial charge in [0.1, 0.15) is 11.4 Å². The number of H-pyrrole nitrogens is 1. The summed E-state index contributed by atoms with van der Waals surface area (Å²) in [5, 5.41) is 1.11. The molecule has 0 amide bonds. The number of rotatable bonds is 6. The predicted molar refractivity (Wildman–Crippen MR) is 131 cm³/mol. The minimum atomic E-state index is 0.633. The highest BCUT2D eigenvalue weighted by molar-refractivity contribution is 5.95. The van der Waals surface area contributed by atoms with Gasteiger partial charge in [0.15, 0.2) is 5.82 Å². The van der Waals surface area contributed by atoms with Crippen LogP contribution in [-0.4, -0.2) is 40.6 Å². The normalized spacial score (nSPS) is 11.5. The molecule has 2 aromatic heterocycles. The molecule has 0 aliphatic carbocycles. The molecular weight excluding hydrogens is 396 g/mol. The second-order valence-electron chi connectivity index (χ2n) is 8.21. The maximum Gasteiger partial charge on any atom is 0.157 e. The van der Waals surface area contributed by atoms with E-state index in [1.54, 1.807) is 0 Å². The fourth-order valence-corrected chi connectivity index (χ4v) is 4.03. The largest absolute Gasteiger partial charge is 0.494 e. The van der Waals surface area contributed by atoms with Crippen molar-refractivity contribution in [2.45, 2.75) is 13.5 Å². The van der Waals surface area contributed by atoms with Gasteiger partial charge in [-0.3, -0.25) is 0 Å². The van der Waals surface area contributed by atoms with Crippen molar-refractivity contribution in [2.24, 2.45) is 0 Å². The summed E-state index contributed by atoms with van der Waals surface area (Å²) in [4.78, 5) is 15.4. The molecule has 2 heterocycles. The van der Waals surface area contributed by atoms with Crippen LogP contribution >= 0.6 is 0 Å². The number of para-hydroxylation sites is 1. The Kier molecular flexibility index (Phi) is 5.33. The average Bonchev–Trinajstić information content (AvgIpc) is 3.22. The van der Waals surface area contributed by atoms with Crippen molar-refractivity contribution in [2.75, 3.05) is 20.7 Å². The molecular formula is C27H26N4O. The van der Waals surface area contributed by atoms with Gasteiger partial charge in [0, 0.05) is 23.6 Å². The smallest absolute Gasteiger partial charge is 0.157 e. The van der Waals surface area contributed by atoms with Crippen LogP contribution in [0.5, 0.6) is 5.75 Å². The molecule has 0 saturated heterocycles. The van der Waals surface area contributed by atoms with E-state index in [2.05, 4.69) is 72.5 Å².